The quantitative estimate of drug-likeness (QED) is 0.680. The highest BCUT2D eigenvalue weighted by molar-refractivity contribution is 7.99. The summed E-state index contributed by atoms with van der Waals surface area (Å²) >= 11 is 1.88. The Bertz CT molecular complexity index is 271. The van der Waals surface area contributed by atoms with E-state index >= 15 is 0 Å². The van der Waals surface area contributed by atoms with Crippen LogP contribution >= 0.6 is 11.8 Å². The molecule has 0 bridgehead atoms. The Morgan fingerprint density at radius 2 is 2.14 bits per heavy atom. The third kappa shape index (κ3) is 4.05. The van der Waals surface area contributed by atoms with Gasteiger partial charge in [0.05, 0.1) is 6.10 Å². The highest BCUT2D eigenvalue weighted by Gasteiger charge is 1.99. The van der Waals surface area contributed by atoms with Gasteiger partial charge in [0.25, 0.3) is 0 Å². The first kappa shape index (κ1) is 11.4. The fraction of sp³-hybridized carbons (Fsp3) is 0.500. The second kappa shape index (κ2) is 5.97. The minimum Gasteiger partial charge on any atom is -0.491 e. The predicted octanol–water partition coefficient (Wildman–Crippen LogP) is 3.98. The molecular weight excluding hydrogens is 192 g/mol. The van der Waals surface area contributed by atoms with Gasteiger partial charge in [-0.1, -0.05) is 13.0 Å². The van der Waals surface area contributed by atoms with Crippen molar-refractivity contribution in [2.24, 2.45) is 0 Å². The smallest absolute Gasteiger partial charge is 0.120 e. The van der Waals surface area contributed by atoms with Gasteiger partial charge in [-0.3, -0.25) is 0 Å². The lowest BCUT2D eigenvalue weighted by Crippen LogP contribution is -2.05. The first-order valence-corrected chi connectivity index (χ1v) is 6.10. The van der Waals surface area contributed by atoms with E-state index in [2.05, 4.69) is 25.1 Å². The third-order valence-corrected chi connectivity index (χ3v) is 2.85. The fourth-order valence-electron chi connectivity index (χ4n) is 1.13. The van der Waals surface area contributed by atoms with E-state index in [1.54, 1.807) is 0 Å². The summed E-state index contributed by atoms with van der Waals surface area (Å²) in [5.41, 5.74) is 0. The summed E-state index contributed by atoms with van der Waals surface area (Å²) in [4.78, 5) is 1.30. The number of thioether (sulfide) groups is 1. The standard InChI is InChI=1S/C12H18OS/c1-4-8-14-12-7-5-6-11(9-12)13-10(2)3/h5-7,9-10H,4,8H2,1-3H3. The average Bonchev–Trinajstić information content (AvgIpc) is 2.14. The lowest BCUT2D eigenvalue weighted by Gasteiger charge is -2.10. The van der Waals surface area contributed by atoms with Crippen molar-refractivity contribution in [3.8, 4) is 5.75 Å². The molecule has 0 saturated heterocycles. The molecular formula is C12H18OS. The molecule has 0 spiro atoms. The summed E-state index contributed by atoms with van der Waals surface area (Å²) in [6.45, 7) is 6.29. The number of rotatable bonds is 5. The van der Waals surface area contributed by atoms with Crippen LogP contribution in [0.15, 0.2) is 29.2 Å². The monoisotopic (exact) mass is 210 g/mol. The Labute approximate surface area is 90.9 Å². The molecule has 0 fully saturated rings. The Morgan fingerprint density at radius 3 is 2.79 bits per heavy atom. The zero-order chi connectivity index (χ0) is 10.4. The summed E-state index contributed by atoms with van der Waals surface area (Å²) < 4.78 is 5.62. The molecule has 0 unspecified atom stereocenters. The highest BCUT2D eigenvalue weighted by Crippen LogP contribution is 2.23. The van der Waals surface area contributed by atoms with Gasteiger partial charge in [-0.25, -0.2) is 0 Å². The van der Waals surface area contributed by atoms with E-state index in [1.165, 1.54) is 17.1 Å². The van der Waals surface area contributed by atoms with Crippen LogP contribution in [0.3, 0.4) is 0 Å². The van der Waals surface area contributed by atoms with Crippen LogP contribution in [0.2, 0.25) is 0 Å². The number of hydrogen-bond acceptors (Lipinski definition) is 2. The first-order valence-electron chi connectivity index (χ1n) is 5.12. The van der Waals surface area contributed by atoms with Gasteiger partial charge >= 0.3 is 0 Å². The first-order chi connectivity index (χ1) is 6.72. The maximum absolute atomic E-state index is 5.62. The van der Waals surface area contributed by atoms with Crippen molar-refractivity contribution in [2.45, 2.75) is 38.2 Å². The van der Waals surface area contributed by atoms with Crippen molar-refractivity contribution in [2.75, 3.05) is 5.75 Å². The van der Waals surface area contributed by atoms with Crippen LogP contribution in [0.5, 0.6) is 5.75 Å². The highest BCUT2D eigenvalue weighted by atomic mass is 32.2. The molecule has 1 nitrogen and oxygen atoms in total. The molecule has 1 rings (SSSR count). The Hall–Kier alpha value is -0.630. The SMILES string of the molecule is CCCSc1cccc(OC(C)C)c1. The average molecular weight is 210 g/mol. The van der Waals surface area contributed by atoms with Gasteiger partial charge in [-0.15, -0.1) is 11.8 Å². The maximum Gasteiger partial charge on any atom is 0.120 e. The van der Waals surface area contributed by atoms with Crippen molar-refractivity contribution in [1.82, 2.24) is 0 Å². The predicted molar refractivity (Wildman–Crippen MR) is 63.2 cm³/mol. The molecule has 0 radical (unpaired) electrons. The minimum atomic E-state index is 0.251. The summed E-state index contributed by atoms with van der Waals surface area (Å²) in [6.07, 6.45) is 1.46. The lowest BCUT2D eigenvalue weighted by molar-refractivity contribution is 0.242. The van der Waals surface area contributed by atoms with Crippen LogP contribution in [0.25, 0.3) is 0 Å². The molecule has 0 aromatic heterocycles. The molecule has 14 heavy (non-hydrogen) atoms. The molecule has 1 aromatic rings. The fourth-order valence-corrected chi connectivity index (χ4v) is 1.94. The second-order valence-electron chi connectivity index (χ2n) is 3.49. The molecule has 0 aliphatic rings. The molecule has 0 N–H and O–H groups in total. The summed E-state index contributed by atoms with van der Waals surface area (Å²) in [5, 5.41) is 0. The molecule has 78 valence electrons. The zero-order valence-corrected chi connectivity index (χ0v) is 9.93. The van der Waals surface area contributed by atoms with Gasteiger partial charge in [-0.05, 0) is 44.2 Å². The minimum absolute atomic E-state index is 0.251. The Balaban J connectivity index is 2.59. The van der Waals surface area contributed by atoms with Crippen LogP contribution in [0.4, 0.5) is 0 Å². The summed E-state index contributed by atoms with van der Waals surface area (Å²) in [5.74, 6) is 2.15. The van der Waals surface area contributed by atoms with Crippen molar-refractivity contribution in [1.29, 1.82) is 0 Å². The van der Waals surface area contributed by atoms with Crippen LogP contribution in [0.1, 0.15) is 27.2 Å². The van der Waals surface area contributed by atoms with E-state index < -0.39 is 0 Å². The summed E-state index contributed by atoms with van der Waals surface area (Å²) in [6, 6.07) is 8.31. The second-order valence-corrected chi connectivity index (χ2v) is 4.66. The molecule has 0 amide bonds. The number of hydrogen-bond donors (Lipinski definition) is 0. The Morgan fingerprint density at radius 1 is 1.36 bits per heavy atom. The van der Waals surface area contributed by atoms with Gasteiger partial charge in [0, 0.05) is 4.90 Å². The lowest BCUT2D eigenvalue weighted by atomic mass is 10.3. The van der Waals surface area contributed by atoms with Gasteiger partial charge in [-0.2, -0.15) is 0 Å². The van der Waals surface area contributed by atoms with Crippen molar-refractivity contribution < 1.29 is 4.74 Å². The van der Waals surface area contributed by atoms with Crippen molar-refractivity contribution >= 4 is 11.8 Å². The molecule has 2 heteroatoms. The zero-order valence-electron chi connectivity index (χ0n) is 9.12. The van der Waals surface area contributed by atoms with Gasteiger partial charge < -0.3 is 4.74 Å². The van der Waals surface area contributed by atoms with E-state index in [4.69, 9.17) is 4.74 Å². The van der Waals surface area contributed by atoms with Crippen LogP contribution in [0, 0.1) is 0 Å². The van der Waals surface area contributed by atoms with E-state index in [-0.39, 0.29) is 6.10 Å². The van der Waals surface area contributed by atoms with Crippen LogP contribution in [-0.4, -0.2) is 11.9 Å². The number of ether oxygens (including phenoxy) is 1. The van der Waals surface area contributed by atoms with E-state index in [9.17, 15) is 0 Å². The maximum atomic E-state index is 5.62. The van der Waals surface area contributed by atoms with Crippen molar-refractivity contribution in [3.05, 3.63) is 24.3 Å². The van der Waals surface area contributed by atoms with Gasteiger partial charge in [0.1, 0.15) is 5.75 Å². The number of benzene rings is 1. The van der Waals surface area contributed by atoms with E-state index in [1.807, 2.05) is 31.7 Å². The molecule has 0 aliphatic heterocycles. The van der Waals surface area contributed by atoms with E-state index in [0.717, 1.165) is 5.75 Å². The molecule has 1 aromatic carbocycles. The topological polar surface area (TPSA) is 9.23 Å². The van der Waals surface area contributed by atoms with E-state index in [0.29, 0.717) is 0 Å². The Kier molecular flexibility index (Phi) is 4.88. The third-order valence-electron chi connectivity index (χ3n) is 1.65. The summed E-state index contributed by atoms with van der Waals surface area (Å²) in [7, 11) is 0. The van der Waals surface area contributed by atoms with Crippen molar-refractivity contribution in [3.63, 3.8) is 0 Å². The van der Waals surface area contributed by atoms with Crippen LogP contribution < -0.4 is 4.74 Å². The largest absolute Gasteiger partial charge is 0.491 e. The normalized spacial score (nSPS) is 10.6. The molecule has 0 heterocycles. The molecule has 0 saturated carbocycles. The van der Waals surface area contributed by atoms with Gasteiger partial charge in [0.15, 0.2) is 0 Å². The van der Waals surface area contributed by atoms with Gasteiger partial charge in [0.2, 0.25) is 0 Å². The molecule has 0 atom stereocenters. The van der Waals surface area contributed by atoms with Crippen LogP contribution in [-0.2, 0) is 0 Å². The molecule has 0 aliphatic carbocycles.